The molecule has 6 nitrogen and oxygen atoms in total. The summed E-state index contributed by atoms with van der Waals surface area (Å²) in [6.45, 7) is 0. The van der Waals surface area contributed by atoms with Crippen LogP contribution in [-0.2, 0) is 0 Å². The maximum atomic E-state index is 6.51. The van der Waals surface area contributed by atoms with E-state index in [0.717, 1.165) is 81.5 Å². The van der Waals surface area contributed by atoms with E-state index in [-0.39, 0.29) is 0 Å². The van der Waals surface area contributed by atoms with E-state index in [2.05, 4.69) is 102 Å². The molecule has 0 spiro atoms. The van der Waals surface area contributed by atoms with Crippen molar-refractivity contribution >= 4 is 65.3 Å². The van der Waals surface area contributed by atoms with E-state index in [4.69, 9.17) is 24.4 Å². The van der Waals surface area contributed by atoms with Crippen molar-refractivity contribution in [2.45, 2.75) is 0 Å². The van der Waals surface area contributed by atoms with Gasteiger partial charge in [0.15, 0.2) is 17.5 Å². The first-order valence-electron chi connectivity index (χ1n) is 17.5. The second-order valence-corrected chi connectivity index (χ2v) is 14.1. The largest absolute Gasteiger partial charge is 0.456 e. The highest BCUT2D eigenvalue weighted by molar-refractivity contribution is 7.21. The standard InChI is InChI=1S/C46H27N5OS/c1-3-13-28(14-4-1)43-48-44(29-25-26-37-34(27-29)31-17-7-9-21-36(31)51(37)30-15-5-2-6-16-30)50-45(49-43)32-18-11-22-38-41(32)42-33(19-12-23-39(42)52-38)46-47-35-20-8-10-24-40(35)53-46/h1-27H. The quantitative estimate of drug-likeness (QED) is 0.179. The highest BCUT2D eigenvalue weighted by Crippen LogP contribution is 2.43. The Morgan fingerprint density at radius 2 is 1.09 bits per heavy atom. The van der Waals surface area contributed by atoms with Gasteiger partial charge in [-0.15, -0.1) is 11.3 Å². The van der Waals surface area contributed by atoms with Gasteiger partial charge in [0.05, 0.1) is 21.3 Å². The van der Waals surface area contributed by atoms with Crippen LogP contribution in [0.4, 0.5) is 0 Å². The van der Waals surface area contributed by atoms with Crippen LogP contribution in [0.15, 0.2) is 168 Å². The number of fused-ring (bicyclic) bond motifs is 7. The van der Waals surface area contributed by atoms with Crippen LogP contribution in [0, 0.1) is 0 Å². The zero-order valence-electron chi connectivity index (χ0n) is 28.1. The van der Waals surface area contributed by atoms with Gasteiger partial charge in [0.1, 0.15) is 16.2 Å². The topological polar surface area (TPSA) is 69.6 Å². The van der Waals surface area contributed by atoms with Crippen molar-refractivity contribution in [1.29, 1.82) is 0 Å². The molecule has 0 amide bonds. The maximum absolute atomic E-state index is 6.51. The summed E-state index contributed by atoms with van der Waals surface area (Å²) in [5.74, 6) is 1.78. The molecule has 7 aromatic carbocycles. The van der Waals surface area contributed by atoms with Gasteiger partial charge in [-0.25, -0.2) is 19.9 Å². The van der Waals surface area contributed by atoms with Gasteiger partial charge in [-0.05, 0) is 60.7 Å². The van der Waals surface area contributed by atoms with Gasteiger partial charge >= 0.3 is 0 Å². The molecule has 0 unspecified atom stereocenters. The van der Waals surface area contributed by atoms with Crippen molar-refractivity contribution < 1.29 is 4.42 Å². The molecule has 0 N–H and O–H groups in total. The molecular weight excluding hydrogens is 671 g/mol. The van der Waals surface area contributed by atoms with E-state index >= 15 is 0 Å². The van der Waals surface area contributed by atoms with Crippen LogP contribution in [0.2, 0.25) is 0 Å². The second kappa shape index (κ2) is 11.8. The minimum absolute atomic E-state index is 0.577. The molecule has 4 heterocycles. The smallest absolute Gasteiger partial charge is 0.164 e. The van der Waals surface area contributed by atoms with Crippen LogP contribution >= 0.6 is 11.3 Å². The lowest BCUT2D eigenvalue weighted by Crippen LogP contribution is -2.00. The van der Waals surface area contributed by atoms with Crippen LogP contribution in [0.25, 0.3) is 104 Å². The summed E-state index contributed by atoms with van der Waals surface area (Å²) in [7, 11) is 0. The summed E-state index contributed by atoms with van der Waals surface area (Å²) in [5, 5.41) is 5.19. The van der Waals surface area contributed by atoms with Gasteiger partial charge in [-0.3, -0.25) is 0 Å². The van der Waals surface area contributed by atoms with Crippen LogP contribution in [0.5, 0.6) is 0 Å². The Labute approximate surface area is 307 Å². The van der Waals surface area contributed by atoms with Crippen molar-refractivity contribution in [1.82, 2.24) is 24.5 Å². The molecule has 0 saturated heterocycles. The molecule has 0 aliphatic carbocycles. The molecule has 4 aromatic heterocycles. The third kappa shape index (κ3) is 4.79. The van der Waals surface area contributed by atoms with Crippen LogP contribution in [0.1, 0.15) is 0 Å². The highest BCUT2D eigenvalue weighted by atomic mass is 32.1. The van der Waals surface area contributed by atoms with E-state index < -0.39 is 0 Å². The van der Waals surface area contributed by atoms with Gasteiger partial charge in [0, 0.05) is 49.5 Å². The zero-order chi connectivity index (χ0) is 34.9. The van der Waals surface area contributed by atoms with Crippen LogP contribution in [0.3, 0.4) is 0 Å². The number of rotatable bonds is 5. The summed E-state index contributed by atoms with van der Waals surface area (Å²) in [6, 6.07) is 56.2. The number of thiazole rings is 1. The average molecular weight is 698 g/mol. The number of nitrogens with zero attached hydrogens (tertiary/aromatic N) is 5. The SMILES string of the molecule is c1ccc(-c2nc(-c3ccc4c(c3)c3ccccc3n4-c3ccccc3)nc(-c3cccc4oc5cccc(-c6nc7ccccc7s6)c5c34)n2)cc1. The summed E-state index contributed by atoms with van der Waals surface area (Å²) in [4.78, 5) is 20.5. The molecule has 53 heavy (non-hydrogen) atoms. The Morgan fingerprint density at radius 1 is 0.453 bits per heavy atom. The molecule has 0 saturated carbocycles. The molecule has 0 fully saturated rings. The van der Waals surface area contributed by atoms with Gasteiger partial charge in [0.2, 0.25) is 0 Å². The summed E-state index contributed by atoms with van der Waals surface area (Å²) >= 11 is 1.68. The van der Waals surface area contributed by atoms with Crippen LogP contribution in [-0.4, -0.2) is 24.5 Å². The number of para-hydroxylation sites is 3. The molecule has 7 heteroatoms. The molecule has 0 bridgehead atoms. The van der Waals surface area contributed by atoms with E-state index in [9.17, 15) is 0 Å². The number of hydrogen-bond donors (Lipinski definition) is 0. The van der Waals surface area contributed by atoms with E-state index in [1.165, 1.54) is 5.39 Å². The zero-order valence-corrected chi connectivity index (χ0v) is 29.0. The van der Waals surface area contributed by atoms with Gasteiger partial charge < -0.3 is 8.98 Å². The Bertz CT molecular complexity index is 3150. The molecular formula is C46H27N5OS. The fraction of sp³-hybridized carbons (Fsp3) is 0. The Morgan fingerprint density at radius 3 is 1.91 bits per heavy atom. The summed E-state index contributed by atoms with van der Waals surface area (Å²) in [6.07, 6.45) is 0. The molecule has 11 aromatic rings. The Balaban J connectivity index is 1.15. The summed E-state index contributed by atoms with van der Waals surface area (Å²) < 4.78 is 9.97. The average Bonchev–Trinajstić information content (AvgIpc) is 3.93. The third-order valence-electron chi connectivity index (χ3n) is 9.90. The monoisotopic (exact) mass is 697 g/mol. The normalized spacial score (nSPS) is 11.8. The fourth-order valence-electron chi connectivity index (χ4n) is 7.53. The minimum atomic E-state index is 0.577. The first kappa shape index (κ1) is 29.7. The van der Waals surface area contributed by atoms with Gasteiger partial charge in [0.25, 0.3) is 0 Å². The number of benzene rings is 7. The molecule has 11 rings (SSSR count). The fourth-order valence-corrected chi connectivity index (χ4v) is 8.52. The van der Waals surface area contributed by atoms with Crippen molar-refractivity contribution in [2.24, 2.45) is 0 Å². The van der Waals surface area contributed by atoms with E-state index in [1.807, 2.05) is 66.7 Å². The first-order chi connectivity index (χ1) is 26.3. The highest BCUT2D eigenvalue weighted by Gasteiger charge is 2.22. The Hall–Kier alpha value is -6.96. The van der Waals surface area contributed by atoms with Crippen molar-refractivity contribution in [3.05, 3.63) is 164 Å². The molecule has 248 valence electrons. The first-order valence-corrected chi connectivity index (χ1v) is 18.3. The van der Waals surface area contributed by atoms with Crippen molar-refractivity contribution in [2.75, 3.05) is 0 Å². The van der Waals surface area contributed by atoms with Gasteiger partial charge in [-0.2, -0.15) is 0 Å². The van der Waals surface area contributed by atoms with Crippen molar-refractivity contribution in [3.63, 3.8) is 0 Å². The maximum Gasteiger partial charge on any atom is 0.164 e. The predicted octanol–water partition coefficient (Wildman–Crippen LogP) is 12.1. The molecule has 0 aliphatic rings. The number of aromatic nitrogens is 5. The summed E-state index contributed by atoms with van der Waals surface area (Å²) in [5.41, 5.74) is 9.65. The second-order valence-electron chi connectivity index (χ2n) is 13.0. The predicted molar refractivity (Wildman–Crippen MR) is 216 cm³/mol. The van der Waals surface area contributed by atoms with Crippen LogP contribution < -0.4 is 0 Å². The number of furan rings is 1. The lowest BCUT2D eigenvalue weighted by atomic mass is 10.0. The van der Waals surface area contributed by atoms with Gasteiger partial charge in [-0.1, -0.05) is 103 Å². The molecule has 0 radical (unpaired) electrons. The molecule has 0 atom stereocenters. The number of hydrogen-bond acceptors (Lipinski definition) is 6. The lowest BCUT2D eigenvalue weighted by molar-refractivity contribution is 0.669. The molecule has 0 aliphatic heterocycles. The van der Waals surface area contributed by atoms with E-state index in [0.29, 0.717) is 17.5 Å². The van der Waals surface area contributed by atoms with E-state index in [1.54, 1.807) is 11.3 Å². The van der Waals surface area contributed by atoms with Crippen molar-refractivity contribution in [3.8, 4) is 50.4 Å². The minimum Gasteiger partial charge on any atom is -0.456 e. The Kier molecular flexibility index (Phi) is 6.62. The lowest BCUT2D eigenvalue weighted by Gasteiger charge is -2.10. The third-order valence-corrected chi connectivity index (χ3v) is 11.0.